The third-order valence-corrected chi connectivity index (χ3v) is 3.34. The summed E-state index contributed by atoms with van der Waals surface area (Å²) in [6.45, 7) is 12.0. The Morgan fingerprint density at radius 1 is 1.35 bits per heavy atom. The van der Waals surface area contributed by atoms with Crippen LogP contribution in [0.4, 0.5) is 0 Å². The van der Waals surface area contributed by atoms with Gasteiger partial charge in [-0.2, -0.15) is 4.98 Å². The van der Waals surface area contributed by atoms with E-state index in [1.807, 2.05) is 6.92 Å². The van der Waals surface area contributed by atoms with Crippen molar-refractivity contribution < 1.29 is 9.90 Å². The van der Waals surface area contributed by atoms with Crippen LogP contribution < -0.4 is 5.69 Å². The molecule has 112 valence electrons. The normalized spacial score (nSPS) is 13.3. The Balaban J connectivity index is 3.29. The number of aromatic nitrogens is 2. The number of hydrogen-bond acceptors (Lipinski definition) is 3. The van der Waals surface area contributed by atoms with Crippen molar-refractivity contribution in [2.45, 2.75) is 54.5 Å². The lowest BCUT2D eigenvalue weighted by molar-refractivity contribution is -0.141. The monoisotopic (exact) mass is 280 g/mol. The predicted octanol–water partition coefficient (Wildman–Crippen LogP) is 2.17. The van der Waals surface area contributed by atoms with Crippen molar-refractivity contribution in [3.63, 3.8) is 0 Å². The molecule has 1 aromatic heterocycles. The van der Waals surface area contributed by atoms with E-state index in [9.17, 15) is 9.59 Å². The number of aryl methyl sites for hydroxylation is 1. The Morgan fingerprint density at radius 2 is 1.90 bits per heavy atom. The van der Waals surface area contributed by atoms with Crippen LogP contribution in [-0.4, -0.2) is 20.6 Å². The van der Waals surface area contributed by atoms with Gasteiger partial charge in [0.1, 0.15) is 0 Å². The summed E-state index contributed by atoms with van der Waals surface area (Å²) in [5.74, 6) is -1.33. The van der Waals surface area contributed by atoms with Crippen molar-refractivity contribution >= 4 is 5.97 Å². The highest BCUT2D eigenvalue weighted by atomic mass is 16.4. The highest BCUT2D eigenvalue weighted by molar-refractivity contribution is 5.70. The topological polar surface area (TPSA) is 72.2 Å². The number of hydrogen-bond donors (Lipinski definition) is 1. The maximum absolute atomic E-state index is 12.0. The molecule has 0 fully saturated rings. The van der Waals surface area contributed by atoms with Crippen LogP contribution >= 0.6 is 0 Å². The minimum absolute atomic E-state index is 0.0405. The molecule has 0 spiro atoms. The molecule has 0 aliphatic rings. The summed E-state index contributed by atoms with van der Waals surface area (Å²) < 4.78 is 1.65. The van der Waals surface area contributed by atoms with Crippen molar-refractivity contribution in [2.24, 2.45) is 11.3 Å². The first-order chi connectivity index (χ1) is 9.03. The Morgan fingerprint density at radius 3 is 2.35 bits per heavy atom. The fraction of sp³-hybridized carbons (Fsp3) is 0.667. The minimum Gasteiger partial charge on any atom is -0.481 e. The number of carboxylic acid groups (broad SMARTS) is 1. The molecule has 1 atom stereocenters. The zero-order valence-corrected chi connectivity index (χ0v) is 13.1. The van der Waals surface area contributed by atoms with E-state index in [2.05, 4.69) is 25.8 Å². The number of carboxylic acids is 1. The second kappa shape index (κ2) is 5.77. The van der Waals surface area contributed by atoms with Crippen molar-refractivity contribution in [2.75, 3.05) is 0 Å². The van der Waals surface area contributed by atoms with Gasteiger partial charge in [0.05, 0.1) is 5.92 Å². The van der Waals surface area contributed by atoms with Crippen LogP contribution in [0, 0.1) is 25.2 Å². The molecule has 1 N–H and O–H groups in total. The Bertz CT molecular complexity index is 568. The molecule has 0 aliphatic heterocycles. The Hall–Kier alpha value is -1.65. The quantitative estimate of drug-likeness (QED) is 0.917. The first-order valence-corrected chi connectivity index (χ1v) is 6.82. The van der Waals surface area contributed by atoms with E-state index in [4.69, 9.17) is 5.11 Å². The van der Waals surface area contributed by atoms with E-state index in [1.54, 1.807) is 18.4 Å². The lowest BCUT2D eigenvalue weighted by Gasteiger charge is -2.23. The number of nitrogens with zero attached hydrogens (tertiary/aromatic N) is 2. The van der Waals surface area contributed by atoms with Crippen LogP contribution in [-0.2, 0) is 17.8 Å². The van der Waals surface area contributed by atoms with Gasteiger partial charge in [-0.05, 0) is 31.2 Å². The fourth-order valence-corrected chi connectivity index (χ4v) is 2.19. The average Bonchev–Trinajstić information content (AvgIpc) is 2.28. The van der Waals surface area contributed by atoms with Gasteiger partial charge in [0.15, 0.2) is 0 Å². The fourth-order valence-electron chi connectivity index (χ4n) is 2.19. The zero-order valence-electron chi connectivity index (χ0n) is 13.1. The molecule has 0 amide bonds. The van der Waals surface area contributed by atoms with E-state index in [0.717, 1.165) is 11.3 Å². The maximum atomic E-state index is 12.0. The summed E-state index contributed by atoms with van der Waals surface area (Å²) >= 11 is 0. The van der Waals surface area contributed by atoms with Crippen molar-refractivity contribution in [3.8, 4) is 0 Å². The van der Waals surface area contributed by atoms with Gasteiger partial charge in [-0.3, -0.25) is 9.36 Å². The van der Waals surface area contributed by atoms with Crippen LogP contribution in [0.25, 0.3) is 0 Å². The molecule has 0 bridgehead atoms. The number of carbonyl (C=O) groups is 1. The van der Waals surface area contributed by atoms with Gasteiger partial charge in [0.2, 0.25) is 0 Å². The van der Waals surface area contributed by atoms with Gasteiger partial charge in [-0.15, -0.1) is 0 Å². The molecule has 1 rings (SSSR count). The second-order valence-corrected chi connectivity index (χ2v) is 6.63. The first kappa shape index (κ1) is 16.4. The SMILES string of the molecule is Cc1nc(=O)n(CC(C)(C)C)c(C)c1CC(C)C(=O)O. The molecular formula is C15H24N2O3. The lowest BCUT2D eigenvalue weighted by atomic mass is 9.95. The highest BCUT2D eigenvalue weighted by Crippen LogP contribution is 2.20. The van der Waals surface area contributed by atoms with Gasteiger partial charge >= 0.3 is 11.7 Å². The van der Waals surface area contributed by atoms with Crippen LogP contribution in [0.2, 0.25) is 0 Å². The number of aliphatic carboxylic acids is 1. The van der Waals surface area contributed by atoms with Crippen LogP contribution in [0.15, 0.2) is 4.79 Å². The van der Waals surface area contributed by atoms with E-state index in [0.29, 0.717) is 18.7 Å². The molecule has 1 heterocycles. The minimum atomic E-state index is -0.836. The van der Waals surface area contributed by atoms with Crippen LogP contribution in [0.3, 0.4) is 0 Å². The standard InChI is InChI=1S/C15H24N2O3/c1-9(13(18)19)7-12-10(2)16-14(20)17(11(12)3)8-15(4,5)6/h9H,7-8H2,1-6H3,(H,18,19). The molecule has 0 aliphatic carbocycles. The van der Waals surface area contributed by atoms with Crippen LogP contribution in [0.5, 0.6) is 0 Å². The zero-order chi connectivity index (χ0) is 15.7. The molecule has 1 aromatic rings. The van der Waals surface area contributed by atoms with Gasteiger partial charge in [0.25, 0.3) is 0 Å². The van der Waals surface area contributed by atoms with E-state index < -0.39 is 11.9 Å². The lowest BCUT2D eigenvalue weighted by Crippen LogP contribution is -2.32. The molecule has 0 saturated carbocycles. The third kappa shape index (κ3) is 3.92. The summed E-state index contributed by atoms with van der Waals surface area (Å²) in [5.41, 5.74) is 2.02. The van der Waals surface area contributed by atoms with Gasteiger partial charge in [-0.1, -0.05) is 27.7 Å². The number of rotatable bonds is 4. The molecular weight excluding hydrogens is 256 g/mol. The van der Waals surface area contributed by atoms with Gasteiger partial charge in [0, 0.05) is 17.9 Å². The molecule has 20 heavy (non-hydrogen) atoms. The predicted molar refractivity (Wildman–Crippen MR) is 77.9 cm³/mol. The van der Waals surface area contributed by atoms with Crippen molar-refractivity contribution in [1.82, 2.24) is 9.55 Å². The molecule has 5 heteroatoms. The Labute approximate surface area is 119 Å². The maximum Gasteiger partial charge on any atom is 0.347 e. The van der Waals surface area contributed by atoms with E-state index >= 15 is 0 Å². The van der Waals surface area contributed by atoms with Crippen LogP contribution in [0.1, 0.15) is 44.6 Å². The molecule has 0 aromatic carbocycles. The highest BCUT2D eigenvalue weighted by Gasteiger charge is 2.20. The smallest absolute Gasteiger partial charge is 0.347 e. The summed E-state index contributed by atoms with van der Waals surface area (Å²) in [6.07, 6.45) is 0.393. The summed E-state index contributed by atoms with van der Waals surface area (Å²) in [6, 6.07) is 0. The first-order valence-electron chi connectivity index (χ1n) is 6.82. The largest absolute Gasteiger partial charge is 0.481 e. The second-order valence-electron chi connectivity index (χ2n) is 6.63. The summed E-state index contributed by atoms with van der Waals surface area (Å²) in [5, 5.41) is 9.05. The van der Waals surface area contributed by atoms with E-state index in [-0.39, 0.29) is 11.1 Å². The van der Waals surface area contributed by atoms with Gasteiger partial charge in [-0.25, -0.2) is 4.79 Å². The molecule has 1 unspecified atom stereocenters. The molecule has 0 radical (unpaired) electrons. The summed E-state index contributed by atoms with van der Waals surface area (Å²) in [7, 11) is 0. The van der Waals surface area contributed by atoms with Crippen molar-refractivity contribution in [1.29, 1.82) is 0 Å². The average molecular weight is 280 g/mol. The third-order valence-electron chi connectivity index (χ3n) is 3.34. The molecule has 0 saturated heterocycles. The van der Waals surface area contributed by atoms with Gasteiger partial charge < -0.3 is 5.11 Å². The van der Waals surface area contributed by atoms with Crippen molar-refractivity contribution in [3.05, 3.63) is 27.4 Å². The summed E-state index contributed by atoms with van der Waals surface area (Å²) in [4.78, 5) is 27.1. The Kier molecular flexibility index (Phi) is 4.73. The molecule has 5 nitrogen and oxygen atoms in total. The van der Waals surface area contributed by atoms with E-state index in [1.165, 1.54) is 0 Å².